The van der Waals surface area contributed by atoms with Crippen LogP contribution in [0.3, 0.4) is 0 Å². The van der Waals surface area contributed by atoms with Crippen LogP contribution < -0.4 is 10.6 Å². The lowest BCUT2D eigenvalue weighted by molar-refractivity contribution is -0.121. The number of halogens is 1. The zero-order valence-corrected chi connectivity index (χ0v) is 10.7. The molecule has 1 heterocycles. The number of amides is 1. The molecule has 1 amide bonds. The average Bonchev–Trinajstić information content (AvgIpc) is 2.49. The second-order valence-corrected chi connectivity index (χ2v) is 4.82. The van der Waals surface area contributed by atoms with Crippen LogP contribution in [0.2, 0.25) is 5.02 Å². The third-order valence-electron chi connectivity index (χ3n) is 3.08. The highest BCUT2D eigenvalue weighted by atomic mass is 35.5. The summed E-state index contributed by atoms with van der Waals surface area (Å²) in [4.78, 5) is 11.8. The van der Waals surface area contributed by atoms with Crippen molar-refractivity contribution in [1.29, 1.82) is 0 Å². The highest BCUT2D eigenvalue weighted by Gasteiger charge is 2.21. The van der Waals surface area contributed by atoms with Gasteiger partial charge in [-0.2, -0.15) is 0 Å². The summed E-state index contributed by atoms with van der Waals surface area (Å²) in [5.41, 5.74) is 1.94. The molecule has 0 bridgehead atoms. The standard InChI is InChI=1S/C13H17ClN2O/c1-9-5-4-6-10(14)12(9)16-11-7-2-3-8-15-13(11)17/h4-6,11,16H,2-3,7-8H2,1H3,(H,15,17). The van der Waals surface area contributed by atoms with Crippen molar-refractivity contribution in [1.82, 2.24) is 5.32 Å². The van der Waals surface area contributed by atoms with Crippen molar-refractivity contribution in [3.05, 3.63) is 28.8 Å². The van der Waals surface area contributed by atoms with Crippen LogP contribution >= 0.6 is 11.6 Å². The topological polar surface area (TPSA) is 41.1 Å². The molecule has 1 saturated heterocycles. The molecule has 1 aromatic rings. The Balaban J connectivity index is 2.16. The van der Waals surface area contributed by atoms with E-state index in [0.717, 1.165) is 37.1 Å². The predicted octanol–water partition coefficient (Wildman–Crippen LogP) is 2.73. The molecule has 1 aliphatic heterocycles. The van der Waals surface area contributed by atoms with E-state index in [4.69, 9.17) is 11.6 Å². The van der Waals surface area contributed by atoms with Crippen LogP contribution in [0.25, 0.3) is 0 Å². The number of hydrogen-bond donors (Lipinski definition) is 2. The molecule has 0 radical (unpaired) electrons. The van der Waals surface area contributed by atoms with Gasteiger partial charge in [-0.05, 0) is 37.8 Å². The van der Waals surface area contributed by atoms with Gasteiger partial charge in [0.05, 0.1) is 10.7 Å². The molecule has 1 atom stereocenters. The number of carbonyl (C=O) groups excluding carboxylic acids is 1. The summed E-state index contributed by atoms with van der Waals surface area (Å²) in [6.45, 7) is 2.77. The maximum Gasteiger partial charge on any atom is 0.242 e. The van der Waals surface area contributed by atoms with E-state index < -0.39 is 0 Å². The Bertz CT molecular complexity index is 400. The quantitative estimate of drug-likeness (QED) is 0.850. The number of benzene rings is 1. The van der Waals surface area contributed by atoms with E-state index in [1.165, 1.54) is 0 Å². The molecule has 4 heteroatoms. The van der Waals surface area contributed by atoms with Crippen molar-refractivity contribution in [2.45, 2.75) is 32.2 Å². The molecule has 3 nitrogen and oxygen atoms in total. The minimum atomic E-state index is -0.170. The van der Waals surface area contributed by atoms with Gasteiger partial charge in [-0.15, -0.1) is 0 Å². The molecule has 0 aromatic heterocycles. The van der Waals surface area contributed by atoms with Crippen LogP contribution in [0.4, 0.5) is 5.69 Å². The van der Waals surface area contributed by atoms with Gasteiger partial charge in [0.2, 0.25) is 5.91 Å². The van der Waals surface area contributed by atoms with Crippen LogP contribution in [0.1, 0.15) is 24.8 Å². The van der Waals surface area contributed by atoms with Gasteiger partial charge < -0.3 is 10.6 Å². The van der Waals surface area contributed by atoms with Crippen molar-refractivity contribution in [2.24, 2.45) is 0 Å². The normalized spacial score (nSPS) is 20.6. The van der Waals surface area contributed by atoms with Crippen LogP contribution in [0, 0.1) is 6.92 Å². The van der Waals surface area contributed by atoms with Crippen molar-refractivity contribution < 1.29 is 4.79 Å². The van der Waals surface area contributed by atoms with E-state index in [0.29, 0.717) is 5.02 Å². The Morgan fingerprint density at radius 1 is 1.41 bits per heavy atom. The number of rotatable bonds is 2. The van der Waals surface area contributed by atoms with Crippen molar-refractivity contribution in [3.8, 4) is 0 Å². The first-order valence-corrected chi connectivity index (χ1v) is 6.35. The second-order valence-electron chi connectivity index (χ2n) is 4.42. The number of hydrogen-bond acceptors (Lipinski definition) is 2. The fraction of sp³-hybridized carbons (Fsp3) is 0.462. The first-order chi connectivity index (χ1) is 8.18. The number of anilines is 1. The fourth-order valence-corrected chi connectivity index (χ4v) is 2.34. The first kappa shape index (κ1) is 12.2. The van der Waals surface area contributed by atoms with Gasteiger partial charge in [-0.25, -0.2) is 0 Å². The van der Waals surface area contributed by atoms with E-state index in [9.17, 15) is 4.79 Å². The zero-order chi connectivity index (χ0) is 12.3. The minimum absolute atomic E-state index is 0.0711. The van der Waals surface area contributed by atoms with Crippen LogP contribution in [-0.2, 0) is 4.79 Å². The summed E-state index contributed by atoms with van der Waals surface area (Å²) >= 11 is 6.14. The molecular weight excluding hydrogens is 236 g/mol. The van der Waals surface area contributed by atoms with Crippen LogP contribution in [0.15, 0.2) is 18.2 Å². The Morgan fingerprint density at radius 3 is 3.00 bits per heavy atom. The lowest BCUT2D eigenvalue weighted by Crippen LogP contribution is -2.38. The molecule has 1 aliphatic rings. The Kier molecular flexibility index (Phi) is 3.89. The van der Waals surface area contributed by atoms with Crippen molar-refractivity contribution >= 4 is 23.2 Å². The van der Waals surface area contributed by atoms with Crippen molar-refractivity contribution in [2.75, 3.05) is 11.9 Å². The smallest absolute Gasteiger partial charge is 0.242 e. The van der Waals surface area contributed by atoms with Crippen LogP contribution in [0.5, 0.6) is 0 Å². The minimum Gasteiger partial charge on any atom is -0.372 e. The predicted molar refractivity (Wildman–Crippen MR) is 70.5 cm³/mol. The summed E-state index contributed by atoms with van der Waals surface area (Å²) < 4.78 is 0. The monoisotopic (exact) mass is 252 g/mol. The number of carbonyl (C=O) groups is 1. The van der Waals surface area contributed by atoms with E-state index in [1.807, 2.05) is 25.1 Å². The summed E-state index contributed by atoms with van der Waals surface area (Å²) in [5, 5.41) is 6.84. The fourth-order valence-electron chi connectivity index (χ4n) is 2.07. The number of aryl methyl sites for hydroxylation is 1. The summed E-state index contributed by atoms with van der Waals surface area (Å²) in [7, 11) is 0. The molecule has 92 valence electrons. The molecule has 1 unspecified atom stereocenters. The summed E-state index contributed by atoms with van der Waals surface area (Å²) in [5.74, 6) is 0.0711. The second kappa shape index (κ2) is 5.41. The van der Waals surface area contributed by atoms with E-state index in [2.05, 4.69) is 10.6 Å². The molecule has 0 saturated carbocycles. The summed E-state index contributed by atoms with van der Waals surface area (Å²) in [6.07, 6.45) is 2.96. The van der Waals surface area contributed by atoms with Gasteiger partial charge in [-0.1, -0.05) is 23.7 Å². The SMILES string of the molecule is Cc1cccc(Cl)c1NC1CCCCNC1=O. The molecule has 1 aromatic carbocycles. The Morgan fingerprint density at radius 2 is 2.24 bits per heavy atom. The van der Waals surface area contributed by atoms with E-state index >= 15 is 0 Å². The molecule has 1 fully saturated rings. The molecule has 2 rings (SSSR count). The molecule has 17 heavy (non-hydrogen) atoms. The zero-order valence-electron chi connectivity index (χ0n) is 9.92. The van der Waals surface area contributed by atoms with Gasteiger partial charge in [-0.3, -0.25) is 4.79 Å². The van der Waals surface area contributed by atoms with Gasteiger partial charge in [0.15, 0.2) is 0 Å². The highest BCUT2D eigenvalue weighted by Crippen LogP contribution is 2.26. The summed E-state index contributed by atoms with van der Waals surface area (Å²) in [6, 6.07) is 5.57. The van der Waals surface area contributed by atoms with Gasteiger partial charge in [0.25, 0.3) is 0 Å². The van der Waals surface area contributed by atoms with Crippen molar-refractivity contribution in [3.63, 3.8) is 0 Å². The molecular formula is C13H17ClN2O. The lowest BCUT2D eigenvalue weighted by Gasteiger charge is -2.19. The third-order valence-corrected chi connectivity index (χ3v) is 3.39. The average molecular weight is 253 g/mol. The van der Waals surface area contributed by atoms with Gasteiger partial charge in [0, 0.05) is 6.54 Å². The van der Waals surface area contributed by atoms with Gasteiger partial charge in [0.1, 0.15) is 6.04 Å². The number of para-hydroxylation sites is 1. The maximum absolute atomic E-state index is 11.8. The maximum atomic E-state index is 11.8. The van der Waals surface area contributed by atoms with E-state index in [-0.39, 0.29) is 11.9 Å². The third kappa shape index (κ3) is 2.91. The Labute approximate surface area is 107 Å². The van der Waals surface area contributed by atoms with E-state index in [1.54, 1.807) is 0 Å². The molecule has 0 aliphatic carbocycles. The molecule has 2 N–H and O–H groups in total. The van der Waals surface area contributed by atoms with Crippen LogP contribution in [-0.4, -0.2) is 18.5 Å². The first-order valence-electron chi connectivity index (χ1n) is 5.98. The molecule has 0 spiro atoms. The largest absolute Gasteiger partial charge is 0.372 e. The Hall–Kier alpha value is -1.22. The lowest BCUT2D eigenvalue weighted by atomic mass is 10.1. The number of nitrogens with one attached hydrogen (secondary N) is 2. The highest BCUT2D eigenvalue weighted by molar-refractivity contribution is 6.33. The van der Waals surface area contributed by atoms with Gasteiger partial charge >= 0.3 is 0 Å².